The van der Waals surface area contributed by atoms with Gasteiger partial charge in [-0.1, -0.05) is 47.6 Å². The van der Waals surface area contributed by atoms with Gasteiger partial charge in [0.05, 0.1) is 41.1 Å². The minimum Gasteiger partial charge on any atom is -0.497 e. The van der Waals surface area contributed by atoms with E-state index in [1.54, 1.807) is 67.6 Å². The van der Waals surface area contributed by atoms with Crippen molar-refractivity contribution in [2.24, 2.45) is 0 Å². The van der Waals surface area contributed by atoms with E-state index in [1.165, 1.54) is 30.5 Å². The molecule has 0 spiro atoms. The first-order chi connectivity index (χ1) is 16.4. The molecule has 0 aliphatic heterocycles. The highest BCUT2D eigenvalue weighted by molar-refractivity contribution is 8.00. The molecule has 4 rings (SSSR count). The van der Waals surface area contributed by atoms with Crippen LogP contribution in [0.3, 0.4) is 0 Å². The summed E-state index contributed by atoms with van der Waals surface area (Å²) in [4.78, 5) is 31.1. The van der Waals surface area contributed by atoms with Crippen LogP contribution in [-0.2, 0) is 4.79 Å². The predicted octanol–water partition coefficient (Wildman–Crippen LogP) is 5.18. The third-order valence-corrected chi connectivity index (χ3v) is 6.48. The molecular formula is C25H22ClN3O4S. The molecule has 9 heteroatoms. The molecule has 1 N–H and O–H groups in total. The van der Waals surface area contributed by atoms with Crippen LogP contribution in [0.5, 0.6) is 11.5 Å². The second-order valence-electron chi connectivity index (χ2n) is 7.35. The Labute approximate surface area is 205 Å². The average molecular weight is 496 g/mol. The number of rotatable bonds is 7. The molecule has 0 saturated heterocycles. The van der Waals surface area contributed by atoms with Crippen LogP contribution in [0.2, 0.25) is 5.02 Å². The number of carbonyl (C=O) groups excluding carboxylic acids is 1. The molecule has 0 aliphatic carbocycles. The first-order valence-electron chi connectivity index (χ1n) is 10.4. The van der Waals surface area contributed by atoms with E-state index in [4.69, 9.17) is 21.1 Å². The first kappa shape index (κ1) is 23.7. The zero-order valence-corrected chi connectivity index (χ0v) is 20.3. The van der Waals surface area contributed by atoms with Crippen molar-refractivity contribution < 1.29 is 14.3 Å². The zero-order valence-electron chi connectivity index (χ0n) is 18.7. The number of benzene rings is 3. The molecule has 1 heterocycles. The molecule has 3 aromatic carbocycles. The number of hydrogen-bond donors (Lipinski definition) is 1. The highest BCUT2D eigenvalue weighted by atomic mass is 35.5. The van der Waals surface area contributed by atoms with Crippen molar-refractivity contribution in [1.82, 2.24) is 9.55 Å². The number of amides is 1. The maximum Gasteiger partial charge on any atom is 0.266 e. The van der Waals surface area contributed by atoms with E-state index in [0.29, 0.717) is 44.0 Å². The Kier molecular flexibility index (Phi) is 7.09. The maximum absolute atomic E-state index is 13.4. The summed E-state index contributed by atoms with van der Waals surface area (Å²) in [5.74, 6) is 0.839. The Morgan fingerprint density at radius 2 is 1.68 bits per heavy atom. The van der Waals surface area contributed by atoms with Gasteiger partial charge in [0.15, 0.2) is 5.16 Å². The van der Waals surface area contributed by atoms with Crippen molar-refractivity contribution in [2.75, 3.05) is 19.5 Å². The SMILES string of the molecule is COc1cc(NC(=O)C(C)Sc2nc3ccccc3c(=O)n2-c2ccccc2Cl)cc(OC)c1. The number of carbonyl (C=O) groups is 1. The molecule has 174 valence electrons. The molecule has 0 aliphatic rings. The highest BCUT2D eigenvalue weighted by Gasteiger charge is 2.21. The maximum atomic E-state index is 13.4. The Balaban J connectivity index is 1.70. The summed E-state index contributed by atoms with van der Waals surface area (Å²) in [5, 5.41) is 3.52. The molecule has 0 fully saturated rings. The van der Waals surface area contributed by atoms with Crippen molar-refractivity contribution in [3.8, 4) is 17.2 Å². The smallest absolute Gasteiger partial charge is 0.266 e. The second-order valence-corrected chi connectivity index (χ2v) is 9.07. The molecule has 0 saturated carbocycles. The molecule has 4 aromatic rings. The first-order valence-corrected chi connectivity index (χ1v) is 11.6. The Hall–Kier alpha value is -3.49. The summed E-state index contributed by atoms with van der Waals surface area (Å²) >= 11 is 7.59. The van der Waals surface area contributed by atoms with Crippen molar-refractivity contribution in [3.05, 3.63) is 82.1 Å². The zero-order chi connectivity index (χ0) is 24.2. The third-order valence-electron chi connectivity index (χ3n) is 5.11. The topological polar surface area (TPSA) is 82.5 Å². The average Bonchev–Trinajstić information content (AvgIpc) is 2.84. The van der Waals surface area contributed by atoms with Crippen molar-refractivity contribution in [3.63, 3.8) is 0 Å². The Morgan fingerprint density at radius 1 is 1.03 bits per heavy atom. The van der Waals surface area contributed by atoms with Gasteiger partial charge >= 0.3 is 0 Å². The lowest BCUT2D eigenvalue weighted by atomic mass is 10.2. The molecule has 0 radical (unpaired) electrons. The fourth-order valence-corrected chi connectivity index (χ4v) is 4.51. The number of aromatic nitrogens is 2. The number of para-hydroxylation sites is 2. The van der Waals surface area contributed by atoms with Gasteiger partial charge in [-0.25, -0.2) is 4.98 Å². The van der Waals surface area contributed by atoms with Crippen LogP contribution in [0.25, 0.3) is 16.6 Å². The monoisotopic (exact) mass is 495 g/mol. The van der Waals surface area contributed by atoms with Crippen molar-refractivity contribution >= 4 is 45.9 Å². The van der Waals surface area contributed by atoms with Crippen LogP contribution in [0, 0.1) is 0 Å². The normalized spacial score (nSPS) is 11.8. The quantitative estimate of drug-likeness (QED) is 0.281. The molecular weight excluding hydrogens is 474 g/mol. The number of nitrogens with zero attached hydrogens (tertiary/aromatic N) is 2. The number of methoxy groups -OCH3 is 2. The fraction of sp³-hybridized carbons (Fsp3) is 0.160. The van der Waals surface area contributed by atoms with Gasteiger partial charge in [0.1, 0.15) is 11.5 Å². The van der Waals surface area contributed by atoms with Gasteiger partial charge in [0, 0.05) is 23.9 Å². The van der Waals surface area contributed by atoms with Crippen LogP contribution in [0.4, 0.5) is 5.69 Å². The lowest BCUT2D eigenvalue weighted by molar-refractivity contribution is -0.115. The lowest BCUT2D eigenvalue weighted by Gasteiger charge is -2.17. The summed E-state index contributed by atoms with van der Waals surface area (Å²) in [7, 11) is 3.08. The van der Waals surface area contributed by atoms with Crippen LogP contribution in [-0.4, -0.2) is 34.9 Å². The van der Waals surface area contributed by atoms with E-state index in [0.717, 1.165) is 0 Å². The number of fused-ring (bicyclic) bond motifs is 1. The van der Waals surface area contributed by atoms with Crippen molar-refractivity contribution in [2.45, 2.75) is 17.3 Å². The van der Waals surface area contributed by atoms with Crippen LogP contribution in [0.1, 0.15) is 6.92 Å². The highest BCUT2D eigenvalue weighted by Crippen LogP contribution is 2.30. The predicted molar refractivity (Wildman–Crippen MR) is 136 cm³/mol. The minimum absolute atomic E-state index is 0.258. The molecule has 34 heavy (non-hydrogen) atoms. The molecule has 1 unspecified atom stereocenters. The Morgan fingerprint density at radius 3 is 2.35 bits per heavy atom. The van der Waals surface area contributed by atoms with E-state index in [1.807, 2.05) is 6.07 Å². The van der Waals surface area contributed by atoms with Gasteiger partial charge in [-0.3, -0.25) is 14.2 Å². The molecule has 1 atom stereocenters. The molecule has 1 amide bonds. The van der Waals surface area contributed by atoms with Gasteiger partial charge in [0.2, 0.25) is 5.91 Å². The van der Waals surface area contributed by atoms with Gasteiger partial charge in [-0.2, -0.15) is 0 Å². The number of hydrogen-bond acceptors (Lipinski definition) is 6. The standard InChI is InChI=1S/C25H22ClN3O4S/c1-15(23(30)27-16-12-17(32-2)14-18(13-16)33-3)34-25-28-21-10-6-4-8-19(21)24(31)29(25)22-11-7-5-9-20(22)26/h4-15H,1-3H3,(H,27,30). The van der Waals surface area contributed by atoms with E-state index in [9.17, 15) is 9.59 Å². The van der Waals surface area contributed by atoms with Crippen LogP contribution in [0.15, 0.2) is 76.7 Å². The van der Waals surface area contributed by atoms with Crippen molar-refractivity contribution in [1.29, 1.82) is 0 Å². The van der Waals surface area contributed by atoms with Gasteiger partial charge in [0.25, 0.3) is 5.56 Å². The summed E-state index contributed by atoms with van der Waals surface area (Å²) < 4.78 is 12.0. The summed E-state index contributed by atoms with van der Waals surface area (Å²) in [6, 6.07) is 19.2. The number of anilines is 1. The van der Waals surface area contributed by atoms with Gasteiger partial charge in [-0.15, -0.1) is 0 Å². The lowest BCUT2D eigenvalue weighted by Crippen LogP contribution is -2.26. The summed E-state index contributed by atoms with van der Waals surface area (Å²) in [6.07, 6.45) is 0. The van der Waals surface area contributed by atoms with Crippen LogP contribution < -0.4 is 20.3 Å². The number of ether oxygens (including phenoxy) is 2. The van der Waals surface area contributed by atoms with E-state index in [2.05, 4.69) is 10.3 Å². The molecule has 0 bridgehead atoms. The summed E-state index contributed by atoms with van der Waals surface area (Å²) in [6.45, 7) is 1.75. The molecule has 7 nitrogen and oxygen atoms in total. The molecule has 1 aromatic heterocycles. The summed E-state index contributed by atoms with van der Waals surface area (Å²) in [5.41, 5.74) is 1.32. The van der Waals surface area contributed by atoms with E-state index in [-0.39, 0.29) is 11.5 Å². The second kappa shape index (κ2) is 10.2. The van der Waals surface area contributed by atoms with Gasteiger partial charge in [-0.05, 0) is 31.2 Å². The Bertz CT molecular complexity index is 1400. The van der Waals surface area contributed by atoms with Gasteiger partial charge < -0.3 is 14.8 Å². The third kappa shape index (κ3) is 4.88. The number of halogens is 1. The number of nitrogens with one attached hydrogen (secondary N) is 1. The van der Waals surface area contributed by atoms with E-state index < -0.39 is 5.25 Å². The van der Waals surface area contributed by atoms with Crippen LogP contribution >= 0.6 is 23.4 Å². The van der Waals surface area contributed by atoms with E-state index >= 15 is 0 Å². The number of thioether (sulfide) groups is 1. The largest absolute Gasteiger partial charge is 0.497 e. The fourth-order valence-electron chi connectivity index (χ4n) is 3.37. The minimum atomic E-state index is -0.584.